The number of nitrogens with zero attached hydrogens (tertiary/aromatic N) is 1. The van der Waals surface area contributed by atoms with Gasteiger partial charge in [-0.1, -0.05) is 29.3 Å². The third-order valence-corrected chi connectivity index (χ3v) is 3.59. The first kappa shape index (κ1) is 17.0. The molecule has 0 spiro atoms. The molecular weight excluding hydrogens is 339 g/mol. The lowest BCUT2D eigenvalue weighted by Crippen LogP contribution is -2.20. The maximum atomic E-state index is 11.8. The van der Waals surface area contributed by atoms with Gasteiger partial charge in [-0.3, -0.25) is 14.9 Å². The molecule has 1 amide bonds. The smallest absolute Gasteiger partial charge is 0.269 e. The fraction of sp³-hybridized carbons (Fsp3) is 0.0625. The van der Waals surface area contributed by atoms with Crippen molar-refractivity contribution in [3.8, 4) is 0 Å². The zero-order valence-corrected chi connectivity index (χ0v) is 13.3. The van der Waals surface area contributed by atoms with E-state index < -0.39 is 4.92 Å². The summed E-state index contributed by atoms with van der Waals surface area (Å²) in [6.45, 7) is 0.277. The van der Waals surface area contributed by atoms with Crippen molar-refractivity contribution in [3.05, 3.63) is 79.8 Å². The summed E-state index contributed by atoms with van der Waals surface area (Å²) in [5, 5.41) is 14.3. The Hall–Kier alpha value is -2.37. The Balaban J connectivity index is 1.92. The Kier molecular flexibility index (Phi) is 5.73. The van der Waals surface area contributed by atoms with Crippen LogP contribution >= 0.6 is 23.2 Å². The van der Waals surface area contributed by atoms with Gasteiger partial charge >= 0.3 is 0 Å². The van der Waals surface area contributed by atoms with Gasteiger partial charge < -0.3 is 5.32 Å². The molecule has 2 aromatic rings. The average molecular weight is 351 g/mol. The number of carbonyl (C=O) groups is 1. The molecule has 5 nitrogen and oxygen atoms in total. The zero-order valence-electron chi connectivity index (χ0n) is 11.8. The average Bonchev–Trinajstić information content (AvgIpc) is 2.52. The van der Waals surface area contributed by atoms with E-state index in [-0.39, 0.29) is 18.1 Å². The van der Waals surface area contributed by atoms with Crippen LogP contribution in [0.25, 0.3) is 6.08 Å². The summed E-state index contributed by atoms with van der Waals surface area (Å²) in [6.07, 6.45) is 2.92. The highest BCUT2D eigenvalue weighted by Gasteiger charge is 2.04. The molecule has 0 aliphatic rings. The van der Waals surface area contributed by atoms with Crippen molar-refractivity contribution in [1.82, 2.24) is 5.32 Å². The second-order valence-corrected chi connectivity index (χ2v) is 5.48. The van der Waals surface area contributed by atoms with Gasteiger partial charge in [0, 0.05) is 34.8 Å². The van der Waals surface area contributed by atoms with E-state index in [9.17, 15) is 14.9 Å². The minimum Gasteiger partial charge on any atom is -0.348 e. The number of rotatable bonds is 5. The molecule has 0 saturated heterocycles. The molecule has 0 aliphatic carbocycles. The van der Waals surface area contributed by atoms with E-state index in [0.29, 0.717) is 15.6 Å². The molecule has 0 atom stereocenters. The van der Waals surface area contributed by atoms with Gasteiger partial charge in [0.1, 0.15) is 0 Å². The number of non-ortho nitro benzene ring substituents is 1. The van der Waals surface area contributed by atoms with E-state index in [1.165, 1.54) is 18.2 Å². The molecule has 0 saturated carbocycles. The topological polar surface area (TPSA) is 72.2 Å². The van der Waals surface area contributed by atoms with Crippen LogP contribution in [0.15, 0.2) is 48.5 Å². The van der Waals surface area contributed by atoms with Crippen LogP contribution in [-0.4, -0.2) is 10.8 Å². The molecule has 7 heteroatoms. The van der Waals surface area contributed by atoms with Crippen LogP contribution < -0.4 is 5.32 Å². The normalized spacial score (nSPS) is 10.7. The van der Waals surface area contributed by atoms with Gasteiger partial charge in [-0.05, 0) is 41.5 Å². The predicted molar refractivity (Wildman–Crippen MR) is 90.4 cm³/mol. The molecule has 0 unspecified atom stereocenters. The lowest BCUT2D eigenvalue weighted by atomic mass is 10.2. The quantitative estimate of drug-likeness (QED) is 0.498. The molecule has 118 valence electrons. The third kappa shape index (κ3) is 5.09. The van der Waals surface area contributed by atoms with Gasteiger partial charge in [-0.25, -0.2) is 0 Å². The predicted octanol–water partition coefficient (Wildman–Crippen LogP) is 4.23. The number of hydrogen-bond acceptors (Lipinski definition) is 3. The number of nitro benzene ring substituents is 1. The first-order chi connectivity index (χ1) is 11.0. The SMILES string of the molecule is O=C(/C=C/c1ccc([N+](=O)[O-])cc1)NCc1ccc(Cl)cc1Cl. The zero-order chi connectivity index (χ0) is 16.8. The molecule has 0 aromatic heterocycles. The Morgan fingerprint density at radius 1 is 1.17 bits per heavy atom. The van der Waals surface area contributed by atoms with Crippen LogP contribution in [0, 0.1) is 10.1 Å². The Morgan fingerprint density at radius 2 is 1.87 bits per heavy atom. The highest BCUT2D eigenvalue weighted by atomic mass is 35.5. The third-order valence-electron chi connectivity index (χ3n) is 3.00. The summed E-state index contributed by atoms with van der Waals surface area (Å²) in [4.78, 5) is 21.8. The Bertz CT molecular complexity index is 758. The van der Waals surface area contributed by atoms with Crippen molar-refractivity contribution in [1.29, 1.82) is 0 Å². The summed E-state index contributed by atoms with van der Waals surface area (Å²) < 4.78 is 0. The summed E-state index contributed by atoms with van der Waals surface area (Å²) in [7, 11) is 0. The minimum absolute atomic E-state index is 0.00369. The largest absolute Gasteiger partial charge is 0.348 e. The number of benzene rings is 2. The van der Waals surface area contributed by atoms with Crippen molar-refractivity contribution in [2.45, 2.75) is 6.54 Å². The summed E-state index contributed by atoms with van der Waals surface area (Å²) in [6, 6.07) is 10.9. The van der Waals surface area contributed by atoms with Crippen molar-refractivity contribution in [3.63, 3.8) is 0 Å². The monoisotopic (exact) mass is 350 g/mol. The van der Waals surface area contributed by atoms with Gasteiger partial charge in [0.25, 0.3) is 5.69 Å². The van der Waals surface area contributed by atoms with Gasteiger partial charge in [0.05, 0.1) is 4.92 Å². The van der Waals surface area contributed by atoms with Crippen LogP contribution in [-0.2, 0) is 11.3 Å². The van der Waals surface area contributed by atoms with Gasteiger partial charge in [0.15, 0.2) is 0 Å². The van der Waals surface area contributed by atoms with Crippen LogP contribution in [0.3, 0.4) is 0 Å². The van der Waals surface area contributed by atoms with Crippen LogP contribution in [0.2, 0.25) is 10.0 Å². The lowest BCUT2D eigenvalue weighted by molar-refractivity contribution is -0.384. The standard InChI is InChI=1S/C16H12Cl2N2O3/c17-13-5-4-12(15(18)9-13)10-19-16(21)8-3-11-1-6-14(7-2-11)20(22)23/h1-9H,10H2,(H,19,21)/b8-3+. The summed E-state index contributed by atoms with van der Waals surface area (Å²) in [5.41, 5.74) is 1.45. The van der Waals surface area contributed by atoms with Crippen LogP contribution in [0.1, 0.15) is 11.1 Å². The maximum Gasteiger partial charge on any atom is 0.269 e. The van der Waals surface area contributed by atoms with Gasteiger partial charge in [0.2, 0.25) is 5.91 Å². The number of nitro groups is 1. The minimum atomic E-state index is -0.476. The van der Waals surface area contributed by atoms with E-state index in [0.717, 1.165) is 5.56 Å². The number of amides is 1. The van der Waals surface area contributed by atoms with E-state index in [2.05, 4.69) is 5.32 Å². The molecule has 2 aromatic carbocycles. The molecule has 0 heterocycles. The van der Waals surface area contributed by atoms with Crippen molar-refractivity contribution >= 4 is 40.9 Å². The molecule has 2 rings (SSSR count). The van der Waals surface area contributed by atoms with E-state index >= 15 is 0 Å². The van der Waals surface area contributed by atoms with E-state index in [4.69, 9.17) is 23.2 Å². The van der Waals surface area contributed by atoms with Crippen molar-refractivity contribution in [2.75, 3.05) is 0 Å². The molecular formula is C16H12Cl2N2O3. The van der Waals surface area contributed by atoms with E-state index in [1.54, 1.807) is 36.4 Å². The molecule has 0 radical (unpaired) electrons. The van der Waals surface area contributed by atoms with E-state index in [1.807, 2.05) is 0 Å². The molecule has 23 heavy (non-hydrogen) atoms. The molecule has 0 aliphatic heterocycles. The summed E-state index contributed by atoms with van der Waals surface area (Å²) >= 11 is 11.8. The van der Waals surface area contributed by atoms with Gasteiger partial charge in [-0.2, -0.15) is 0 Å². The number of carbonyl (C=O) groups excluding carboxylic acids is 1. The Morgan fingerprint density at radius 3 is 2.48 bits per heavy atom. The highest BCUT2D eigenvalue weighted by molar-refractivity contribution is 6.35. The molecule has 1 N–H and O–H groups in total. The lowest BCUT2D eigenvalue weighted by Gasteiger charge is -2.05. The number of halogens is 2. The van der Waals surface area contributed by atoms with Gasteiger partial charge in [-0.15, -0.1) is 0 Å². The fourth-order valence-electron chi connectivity index (χ4n) is 1.79. The van der Waals surface area contributed by atoms with Crippen molar-refractivity contribution < 1.29 is 9.72 Å². The Labute approximate surface area is 142 Å². The first-order valence-corrected chi connectivity index (χ1v) is 7.35. The molecule has 0 fully saturated rings. The summed E-state index contributed by atoms with van der Waals surface area (Å²) in [5.74, 6) is -0.297. The number of nitrogens with one attached hydrogen (secondary N) is 1. The van der Waals surface area contributed by atoms with Crippen LogP contribution in [0.4, 0.5) is 5.69 Å². The second kappa shape index (κ2) is 7.76. The fourth-order valence-corrected chi connectivity index (χ4v) is 2.26. The first-order valence-electron chi connectivity index (χ1n) is 6.60. The second-order valence-electron chi connectivity index (χ2n) is 4.64. The molecule has 0 bridgehead atoms. The van der Waals surface area contributed by atoms with Crippen molar-refractivity contribution in [2.24, 2.45) is 0 Å². The number of hydrogen-bond donors (Lipinski definition) is 1. The van der Waals surface area contributed by atoms with Crippen LogP contribution in [0.5, 0.6) is 0 Å². The highest BCUT2D eigenvalue weighted by Crippen LogP contribution is 2.20. The maximum absolute atomic E-state index is 11.8.